The lowest BCUT2D eigenvalue weighted by Crippen LogP contribution is -2.24. The highest BCUT2D eigenvalue weighted by Crippen LogP contribution is 2.43. The smallest absolute Gasteiger partial charge is 0.314 e. The SMILES string of the molecule is O=C(C(Cc1ccc2ccccc2c1)c1cc(O)c(O)c([N+](=O)[O-])c1)C(Cc1ccc2ccccc2c1)c1cc(O)c(O)c([N+](=O)[O-])c1. The molecule has 0 bridgehead atoms. The van der Waals surface area contributed by atoms with Crippen molar-refractivity contribution >= 4 is 38.7 Å². The van der Waals surface area contributed by atoms with Crippen LogP contribution in [-0.2, 0) is 17.6 Å². The van der Waals surface area contributed by atoms with Crippen molar-refractivity contribution in [2.75, 3.05) is 0 Å². The minimum atomic E-state index is -1.17. The fraction of sp³-hybridized carbons (Fsp3) is 0.108. The van der Waals surface area contributed by atoms with Crippen LogP contribution in [0, 0.1) is 20.2 Å². The number of phenolic OH excluding ortho intramolecular Hbond substituents is 4. The van der Waals surface area contributed by atoms with Crippen LogP contribution < -0.4 is 0 Å². The molecule has 11 nitrogen and oxygen atoms in total. The van der Waals surface area contributed by atoms with Crippen LogP contribution >= 0.6 is 0 Å². The van der Waals surface area contributed by atoms with Crippen LogP contribution in [-0.4, -0.2) is 36.1 Å². The molecule has 0 aromatic heterocycles. The van der Waals surface area contributed by atoms with Crippen molar-refractivity contribution in [2.45, 2.75) is 24.7 Å². The highest BCUT2D eigenvalue weighted by molar-refractivity contribution is 5.94. The minimum absolute atomic E-state index is 0.00537. The number of ketones is 1. The van der Waals surface area contributed by atoms with Crippen LogP contribution in [0.4, 0.5) is 11.4 Å². The van der Waals surface area contributed by atoms with Gasteiger partial charge in [0.05, 0.1) is 9.85 Å². The van der Waals surface area contributed by atoms with E-state index in [9.17, 15) is 45.4 Å². The summed E-state index contributed by atoms with van der Waals surface area (Å²) in [6.07, 6.45) is 0.0107. The summed E-state index contributed by atoms with van der Waals surface area (Å²) in [6.45, 7) is 0. The van der Waals surface area contributed by atoms with Gasteiger partial charge in [0.15, 0.2) is 11.5 Å². The van der Waals surface area contributed by atoms with E-state index in [2.05, 4.69) is 0 Å². The predicted molar refractivity (Wildman–Crippen MR) is 179 cm³/mol. The maximum atomic E-state index is 14.9. The normalized spacial score (nSPS) is 12.5. The number of nitro benzene ring substituents is 2. The fourth-order valence-corrected chi connectivity index (χ4v) is 6.14. The second kappa shape index (κ2) is 12.7. The van der Waals surface area contributed by atoms with Crippen LogP contribution in [0.15, 0.2) is 109 Å². The Morgan fingerprint density at radius 1 is 0.542 bits per heavy atom. The van der Waals surface area contributed by atoms with E-state index in [1.165, 1.54) is 0 Å². The molecule has 0 spiro atoms. The Balaban J connectivity index is 1.53. The van der Waals surface area contributed by atoms with Crippen molar-refractivity contribution in [3.05, 3.63) is 152 Å². The Hall–Kier alpha value is -6.49. The van der Waals surface area contributed by atoms with Gasteiger partial charge in [-0.1, -0.05) is 84.9 Å². The summed E-state index contributed by atoms with van der Waals surface area (Å²) in [5.41, 5.74) is -0.152. The summed E-state index contributed by atoms with van der Waals surface area (Å²) >= 11 is 0. The molecule has 0 saturated heterocycles. The maximum absolute atomic E-state index is 14.9. The molecule has 0 fully saturated rings. The molecule has 48 heavy (non-hydrogen) atoms. The van der Waals surface area contributed by atoms with E-state index in [0.717, 1.165) is 45.8 Å². The topological polar surface area (TPSA) is 184 Å². The molecule has 6 aromatic carbocycles. The molecule has 0 aliphatic rings. The Kier molecular flexibility index (Phi) is 8.34. The standard InChI is InChI=1S/C37H28N2O9/c40-33-19-27(17-31(36(33)43)38(45)46)29(15-21-9-11-23-5-1-3-7-25(23)13-21)35(42)30(28-18-32(39(47)48)37(44)34(41)20-28)16-22-10-12-24-6-2-4-8-26(24)14-22/h1-14,17-20,29-30,40-41,43-44H,15-16H2. The second-order valence-corrected chi connectivity index (χ2v) is 11.6. The molecule has 0 radical (unpaired) electrons. The van der Waals surface area contributed by atoms with Gasteiger partial charge in [-0.2, -0.15) is 0 Å². The van der Waals surface area contributed by atoms with Gasteiger partial charge in [0.25, 0.3) is 0 Å². The van der Waals surface area contributed by atoms with Gasteiger partial charge in [0, 0.05) is 24.0 Å². The zero-order valence-corrected chi connectivity index (χ0v) is 25.2. The van der Waals surface area contributed by atoms with Gasteiger partial charge in [0.2, 0.25) is 11.5 Å². The highest BCUT2D eigenvalue weighted by atomic mass is 16.6. The number of nitro groups is 2. The summed E-state index contributed by atoms with van der Waals surface area (Å²) in [5, 5.41) is 68.8. The summed E-state index contributed by atoms with van der Waals surface area (Å²) in [4.78, 5) is 36.8. The van der Waals surface area contributed by atoms with E-state index >= 15 is 0 Å². The van der Waals surface area contributed by atoms with Crippen molar-refractivity contribution in [1.29, 1.82) is 0 Å². The largest absolute Gasteiger partial charge is 0.504 e. The third kappa shape index (κ3) is 6.16. The number of fused-ring (bicyclic) bond motifs is 2. The zero-order valence-electron chi connectivity index (χ0n) is 25.2. The average molecular weight is 645 g/mol. The Bertz CT molecular complexity index is 2090. The Morgan fingerprint density at radius 2 is 0.917 bits per heavy atom. The first-order valence-electron chi connectivity index (χ1n) is 14.9. The van der Waals surface area contributed by atoms with Gasteiger partial charge in [-0.25, -0.2) is 0 Å². The van der Waals surface area contributed by atoms with E-state index in [1.807, 2.05) is 84.9 Å². The third-order valence-electron chi connectivity index (χ3n) is 8.58. The highest BCUT2D eigenvalue weighted by Gasteiger charge is 2.34. The molecule has 0 aliphatic heterocycles. The molecule has 240 valence electrons. The van der Waals surface area contributed by atoms with Gasteiger partial charge >= 0.3 is 11.4 Å². The predicted octanol–water partition coefficient (Wildman–Crippen LogP) is 7.55. The summed E-state index contributed by atoms with van der Waals surface area (Å²) in [6, 6.07) is 30.5. The molecule has 4 N–H and O–H groups in total. The zero-order chi connectivity index (χ0) is 34.1. The number of phenols is 4. The first-order valence-corrected chi connectivity index (χ1v) is 14.9. The molecule has 0 amide bonds. The Labute approximate surface area is 272 Å². The number of Topliss-reactive ketones (excluding diaryl/α,β-unsaturated/α-hetero) is 1. The lowest BCUT2D eigenvalue weighted by Gasteiger charge is -2.24. The molecule has 11 heteroatoms. The van der Waals surface area contributed by atoms with E-state index in [-0.39, 0.29) is 24.0 Å². The van der Waals surface area contributed by atoms with Crippen molar-refractivity contribution in [2.24, 2.45) is 0 Å². The van der Waals surface area contributed by atoms with Crippen molar-refractivity contribution in [3.63, 3.8) is 0 Å². The molecule has 0 saturated carbocycles. The number of carbonyl (C=O) groups excluding carboxylic acids is 1. The number of carbonyl (C=O) groups is 1. The molecular formula is C37H28N2O9. The van der Waals surface area contributed by atoms with Crippen molar-refractivity contribution in [3.8, 4) is 23.0 Å². The van der Waals surface area contributed by atoms with Gasteiger partial charge in [-0.3, -0.25) is 25.0 Å². The second-order valence-electron chi connectivity index (χ2n) is 11.6. The summed E-state index contributed by atoms with van der Waals surface area (Å²) in [7, 11) is 0. The Morgan fingerprint density at radius 3 is 1.29 bits per heavy atom. The number of nitrogens with zero attached hydrogens (tertiary/aromatic N) is 2. The molecule has 6 rings (SSSR count). The average Bonchev–Trinajstić information content (AvgIpc) is 3.07. The fourth-order valence-electron chi connectivity index (χ4n) is 6.14. The van der Waals surface area contributed by atoms with Gasteiger partial charge in [0.1, 0.15) is 5.78 Å². The van der Waals surface area contributed by atoms with Crippen LogP contribution in [0.25, 0.3) is 21.5 Å². The van der Waals surface area contributed by atoms with Crippen LogP contribution in [0.2, 0.25) is 0 Å². The van der Waals surface area contributed by atoms with Crippen LogP contribution in [0.1, 0.15) is 34.1 Å². The number of hydrogen-bond acceptors (Lipinski definition) is 9. The maximum Gasteiger partial charge on any atom is 0.314 e. The van der Waals surface area contributed by atoms with Crippen molar-refractivity contribution in [1.82, 2.24) is 0 Å². The first kappa shape index (κ1) is 31.5. The number of hydrogen-bond donors (Lipinski definition) is 4. The number of rotatable bonds is 10. The summed E-state index contributed by atoms with van der Waals surface area (Å²) < 4.78 is 0. The summed E-state index contributed by atoms with van der Waals surface area (Å²) in [5.74, 6) is -6.36. The van der Waals surface area contributed by atoms with E-state index in [0.29, 0.717) is 11.1 Å². The lowest BCUT2D eigenvalue weighted by atomic mass is 9.77. The van der Waals surface area contributed by atoms with Gasteiger partial charge in [-0.15, -0.1) is 0 Å². The van der Waals surface area contributed by atoms with Crippen molar-refractivity contribution < 1.29 is 35.1 Å². The molecular weight excluding hydrogens is 616 g/mol. The molecule has 0 aliphatic carbocycles. The molecule has 0 heterocycles. The van der Waals surface area contributed by atoms with E-state index in [4.69, 9.17) is 0 Å². The van der Waals surface area contributed by atoms with Crippen LogP contribution in [0.5, 0.6) is 23.0 Å². The van der Waals surface area contributed by atoms with E-state index < -0.39 is 61.8 Å². The number of aromatic hydroxyl groups is 4. The monoisotopic (exact) mass is 644 g/mol. The molecule has 6 aromatic rings. The van der Waals surface area contributed by atoms with Gasteiger partial charge < -0.3 is 20.4 Å². The van der Waals surface area contributed by atoms with Crippen LogP contribution in [0.3, 0.4) is 0 Å². The minimum Gasteiger partial charge on any atom is -0.504 e. The quantitative estimate of drug-likeness (QED) is 0.0664. The number of benzene rings is 6. The molecule has 2 atom stereocenters. The lowest BCUT2D eigenvalue weighted by molar-refractivity contribution is -0.386. The van der Waals surface area contributed by atoms with Gasteiger partial charge in [-0.05, 0) is 68.8 Å². The van der Waals surface area contributed by atoms with E-state index in [1.54, 1.807) is 0 Å². The third-order valence-corrected chi connectivity index (χ3v) is 8.58. The molecule has 2 unspecified atom stereocenters. The first-order chi connectivity index (χ1) is 23.0.